The summed E-state index contributed by atoms with van der Waals surface area (Å²) in [5.74, 6) is 1.90. The number of nitrogens with zero attached hydrogens (tertiary/aromatic N) is 3. The molecule has 0 radical (unpaired) electrons. The second-order valence-corrected chi connectivity index (χ2v) is 18.4. The van der Waals surface area contributed by atoms with Gasteiger partial charge in [-0.2, -0.15) is 0 Å². The molecule has 5 nitrogen and oxygen atoms in total. The molecular formula is C56H63N5. The van der Waals surface area contributed by atoms with Crippen LogP contribution in [0.15, 0.2) is 110 Å². The van der Waals surface area contributed by atoms with Gasteiger partial charge in [0.1, 0.15) is 0 Å². The van der Waals surface area contributed by atoms with Crippen molar-refractivity contribution in [2.24, 2.45) is 17.6 Å². The van der Waals surface area contributed by atoms with E-state index >= 15 is 0 Å². The maximum Gasteiger partial charge on any atom is 0.0589 e. The highest BCUT2D eigenvalue weighted by atomic mass is 15.2. The first-order valence-electron chi connectivity index (χ1n) is 23.4. The molecule has 5 unspecified atom stereocenters. The molecule has 312 valence electrons. The molecule has 0 amide bonds. The maximum atomic E-state index is 7.24. The molecule has 0 bridgehead atoms. The fourth-order valence-corrected chi connectivity index (χ4v) is 11.7. The molecule has 3 aromatic heterocycles. The predicted molar refractivity (Wildman–Crippen MR) is 262 cm³/mol. The molecule has 1 aliphatic heterocycles. The van der Waals surface area contributed by atoms with Gasteiger partial charge in [-0.15, -0.1) is 0 Å². The lowest BCUT2D eigenvalue weighted by molar-refractivity contribution is 0.265. The molecule has 0 spiro atoms. The molecule has 4 aliphatic rings. The van der Waals surface area contributed by atoms with E-state index in [0.717, 1.165) is 44.3 Å². The molecule has 6 aromatic rings. The van der Waals surface area contributed by atoms with Gasteiger partial charge in [0.2, 0.25) is 0 Å². The van der Waals surface area contributed by atoms with Crippen molar-refractivity contribution in [3.05, 3.63) is 144 Å². The van der Waals surface area contributed by atoms with Crippen LogP contribution in [0, 0.1) is 11.8 Å². The fourth-order valence-electron chi connectivity index (χ4n) is 11.7. The number of hydrogen-bond acceptors (Lipinski definition) is 2. The molecule has 5 atom stereocenters. The third-order valence-corrected chi connectivity index (χ3v) is 14.7. The van der Waals surface area contributed by atoms with Crippen molar-refractivity contribution in [3.63, 3.8) is 0 Å². The van der Waals surface area contributed by atoms with Gasteiger partial charge in [-0.3, -0.25) is 0 Å². The average molecular weight is 806 g/mol. The lowest BCUT2D eigenvalue weighted by Crippen LogP contribution is -2.26. The second kappa shape index (κ2) is 16.2. The Labute approximate surface area is 362 Å². The summed E-state index contributed by atoms with van der Waals surface area (Å²) in [5, 5.41) is 7.92. The molecule has 1 saturated carbocycles. The number of aromatic nitrogens is 3. The molecule has 3 aromatic carbocycles. The highest BCUT2D eigenvalue weighted by molar-refractivity contribution is 5.98. The van der Waals surface area contributed by atoms with E-state index in [-0.39, 0.29) is 11.6 Å². The minimum absolute atomic E-state index is 0.0655. The van der Waals surface area contributed by atoms with E-state index in [0.29, 0.717) is 17.8 Å². The molecule has 3 N–H and O–H groups in total. The van der Waals surface area contributed by atoms with Crippen molar-refractivity contribution in [2.45, 2.75) is 109 Å². The van der Waals surface area contributed by atoms with Crippen LogP contribution in [-0.2, 0) is 5.54 Å². The molecule has 2 fully saturated rings. The summed E-state index contributed by atoms with van der Waals surface area (Å²) < 4.78 is 7.54. The molecule has 10 rings (SSSR count). The predicted octanol–water partition coefficient (Wildman–Crippen LogP) is 14.3. The lowest BCUT2D eigenvalue weighted by Gasteiger charge is -2.37. The zero-order valence-corrected chi connectivity index (χ0v) is 36.8. The van der Waals surface area contributed by atoms with Crippen LogP contribution in [-0.4, -0.2) is 20.2 Å². The summed E-state index contributed by atoms with van der Waals surface area (Å²) in [6.45, 7) is 14.0. The summed E-state index contributed by atoms with van der Waals surface area (Å²) in [6, 6.07) is 23.5. The van der Waals surface area contributed by atoms with Crippen molar-refractivity contribution in [1.82, 2.24) is 19.0 Å². The third kappa shape index (κ3) is 6.50. The van der Waals surface area contributed by atoms with E-state index in [9.17, 15) is 0 Å². The first-order valence-corrected chi connectivity index (χ1v) is 23.4. The van der Waals surface area contributed by atoms with Crippen LogP contribution in [0.5, 0.6) is 0 Å². The van der Waals surface area contributed by atoms with Gasteiger partial charge in [-0.05, 0) is 136 Å². The largest absolute Gasteiger partial charge is 0.324 e. The van der Waals surface area contributed by atoms with Crippen molar-refractivity contribution in [3.8, 4) is 11.4 Å². The van der Waals surface area contributed by atoms with Gasteiger partial charge in [0.25, 0.3) is 0 Å². The van der Waals surface area contributed by atoms with Crippen molar-refractivity contribution in [1.29, 1.82) is 0 Å². The van der Waals surface area contributed by atoms with E-state index < -0.39 is 0 Å². The summed E-state index contributed by atoms with van der Waals surface area (Å²) in [7, 11) is 0. The van der Waals surface area contributed by atoms with Crippen LogP contribution in [0.25, 0.3) is 68.0 Å². The summed E-state index contributed by atoms with van der Waals surface area (Å²) in [4.78, 5) is 0. The minimum atomic E-state index is -0.0665. The van der Waals surface area contributed by atoms with E-state index in [4.69, 9.17) is 5.73 Å². The number of fused-ring (bicyclic) bond motifs is 9. The molecule has 1 saturated heterocycles. The number of rotatable bonds is 10. The van der Waals surface area contributed by atoms with Crippen LogP contribution >= 0.6 is 0 Å². The Morgan fingerprint density at radius 2 is 1.66 bits per heavy atom. The third-order valence-electron chi connectivity index (χ3n) is 14.7. The van der Waals surface area contributed by atoms with Crippen LogP contribution in [0.2, 0.25) is 0 Å². The standard InChI is InChI=1S/C56H63N5/c1-6-10-21-38(9-4)59-48-30-27-39(34-44(48)54-46(57)24-14-12-13-15-26-50(54)59)61-49-31-28-40(35-45(49)55(52(61)19-8-3)56(36-58-56)33-11-7-2)60-47-25-17-16-22-43(47)53-42-23-18-20-37(5)41(42)29-32-51(53)60/h6,8-10,15-17,19,21-22,25-32,34-35,37,41-42,46,58H,1,7,11-14,18,20,23-24,33,36,57H2,2-5H3/b19-8-,21-10-,26-15-,38-9+. The highest BCUT2D eigenvalue weighted by Gasteiger charge is 2.47. The lowest BCUT2D eigenvalue weighted by atomic mass is 9.67. The maximum absolute atomic E-state index is 7.24. The molecule has 4 heterocycles. The number of unbranched alkanes of at least 4 members (excludes halogenated alkanes) is 1. The Kier molecular flexibility index (Phi) is 10.5. The number of benzene rings is 3. The molecule has 61 heavy (non-hydrogen) atoms. The Morgan fingerprint density at radius 1 is 0.869 bits per heavy atom. The van der Waals surface area contributed by atoms with Gasteiger partial charge in [0, 0.05) is 56.9 Å². The van der Waals surface area contributed by atoms with E-state index in [1.807, 2.05) is 12.2 Å². The Morgan fingerprint density at radius 3 is 2.44 bits per heavy atom. The van der Waals surface area contributed by atoms with Gasteiger partial charge >= 0.3 is 0 Å². The smallest absolute Gasteiger partial charge is 0.0589 e. The first-order chi connectivity index (χ1) is 29.9. The monoisotopic (exact) mass is 806 g/mol. The van der Waals surface area contributed by atoms with E-state index in [1.165, 1.54) is 104 Å². The number of para-hydroxylation sites is 1. The molecule has 3 aliphatic carbocycles. The van der Waals surface area contributed by atoms with Crippen LogP contribution in [0.4, 0.5) is 0 Å². The second-order valence-electron chi connectivity index (χ2n) is 18.4. The summed E-state index contributed by atoms with van der Waals surface area (Å²) in [5.41, 5.74) is 22.5. The van der Waals surface area contributed by atoms with Crippen molar-refractivity contribution in [2.75, 3.05) is 6.54 Å². The number of hydrogen-bond donors (Lipinski definition) is 2. The van der Waals surface area contributed by atoms with Crippen LogP contribution in [0.3, 0.4) is 0 Å². The zero-order chi connectivity index (χ0) is 41.8. The van der Waals surface area contributed by atoms with Gasteiger partial charge < -0.3 is 24.8 Å². The zero-order valence-electron chi connectivity index (χ0n) is 36.8. The normalized spacial score (nSPS) is 24.6. The van der Waals surface area contributed by atoms with Crippen molar-refractivity contribution < 1.29 is 0 Å². The first kappa shape index (κ1) is 39.8. The van der Waals surface area contributed by atoms with Crippen LogP contribution in [0.1, 0.15) is 138 Å². The highest BCUT2D eigenvalue weighted by Crippen LogP contribution is 2.51. The van der Waals surface area contributed by atoms with Crippen molar-refractivity contribution >= 4 is 56.6 Å². The molecular weight excluding hydrogens is 743 g/mol. The molecule has 5 heteroatoms. The van der Waals surface area contributed by atoms with E-state index in [2.05, 4.69) is 163 Å². The van der Waals surface area contributed by atoms with Gasteiger partial charge in [-0.25, -0.2) is 0 Å². The topological polar surface area (TPSA) is 62.8 Å². The van der Waals surface area contributed by atoms with Gasteiger partial charge in [-0.1, -0.05) is 107 Å². The quantitative estimate of drug-likeness (QED) is 0.107. The van der Waals surface area contributed by atoms with Crippen LogP contribution < -0.4 is 11.1 Å². The Bertz CT molecular complexity index is 2820. The Hall–Kier alpha value is -5.36. The number of nitrogens with two attached hydrogens (primary N) is 1. The summed E-state index contributed by atoms with van der Waals surface area (Å²) >= 11 is 0. The number of nitrogens with one attached hydrogen (secondary N) is 1. The van der Waals surface area contributed by atoms with Gasteiger partial charge in [0.15, 0.2) is 0 Å². The fraction of sp³-hybridized carbons (Fsp3) is 0.357. The van der Waals surface area contributed by atoms with E-state index in [1.54, 1.807) is 5.56 Å². The minimum Gasteiger partial charge on any atom is -0.324 e. The SMILES string of the molecule is C=C/C=C\C(=C/C)n1c2c(c3cc(-n4c(/C=C\C)c(C5(CCCC)CN5)c5cc(-n6c7c(c8ccccc86)C6CCCC(C)C6C=C7)ccc54)ccc31)C(N)CCCC/C=C\2. The summed E-state index contributed by atoms with van der Waals surface area (Å²) in [6.07, 6.45) is 34.2. The number of allylic oxidation sites excluding steroid dienone is 8. The Balaban J connectivity index is 1.23. The van der Waals surface area contributed by atoms with Gasteiger partial charge in [0.05, 0.1) is 39.2 Å². The average Bonchev–Trinajstić information content (AvgIpc) is 3.70.